The largest absolute Gasteiger partial charge is 0.472 e. The van der Waals surface area contributed by atoms with E-state index >= 15 is 4.39 Å². The summed E-state index contributed by atoms with van der Waals surface area (Å²) >= 11 is 6.64. The van der Waals surface area contributed by atoms with Crippen LogP contribution < -0.4 is 20.7 Å². The number of anilines is 2. The van der Waals surface area contributed by atoms with Crippen molar-refractivity contribution >= 4 is 33.9 Å². The van der Waals surface area contributed by atoms with Gasteiger partial charge in [0.2, 0.25) is 5.88 Å². The fourth-order valence-corrected chi connectivity index (χ4v) is 6.95. The van der Waals surface area contributed by atoms with Crippen molar-refractivity contribution < 1.29 is 9.13 Å². The van der Waals surface area contributed by atoms with Gasteiger partial charge in [-0.1, -0.05) is 11.6 Å². The number of ether oxygens (including phenoxy) is 1. The number of rotatable bonds is 2. The van der Waals surface area contributed by atoms with Crippen LogP contribution in [0.1, 0.15) is 55.3 Å². The molecule has 3 aromatic rings. The van der Waals surface area contributed by atoms with Crippen molar-refractivity contribution in [1.82, 2.24) is 15.3 Å². The van der Waals surface area contributed by atoms with Crippen LogP contribution in [-0.4, -0.2) is 40.7 Å². The second kappa shape index (κ2) is 7.43. The number of hydrogen-bond acceptors (Lipinski definition) is 6. The normalized spacial score (nSPS) is 27.1. The Bertz CT molecular complexity index is 1410. The molecule has 4 aliphatic rings. The number of benzene rings is 1. The number of nitrogens with one attached hydrogen (secondary N) is 1. The first-order valence-electron chi connectivity index (χ1n) is 12.6. The Morgan fingerprint density at radius 3 is 2.71 bits per heavy atom. The van der Waals surface area contributed by atoms with Gasteiger partial charge >= 0.3 is 0 Å². The van der Waals surface area contributed by atoms with Crippen molar-refractivity contribution in [2.75, 3.05) is 17.2 Å². The van der Waals surface area contributed by atoms with Crippen LogP contribution in [0.3, 0.4) is 0 Å². The maximum absolute atomic E-state index is 16.6. The average molecular weight is 494 g/mol. The fourth-order valence-electron chi connectivity index (χ4n) is 6.57. The van der Waals surface area contributed by atoms with Crippen molar-refractivity contribution in [3.8, 4) is 17.1 Å². The van der Waals surface area contributed by atoms with E-state index in [9.17, 15) is 0 Å². The molecule has 2 saturated heterocycles. The molecular weight excluding hydrogens is 465 g/mol. The lowest BCUT2D eigenvalue weighted by molar-refractivity contribution is 0.155. The van der Waals surface area contributed by atoms with Crippen molar-refractivity contribution in [2.45, 2.75) is 76.6 Å². The predicted molar refractivity (Wildman–Crippen MR) is 137 cm³/mol. The molecule has 5 heterocycles. The molecule has 0 amide bonds. The van der Waals surface area contributed by atoms with E-state index in [1.165, 1.54) is 0 Å². The van der Waals surface area contributed by atoms with Crippen molar-refractivity contribution in [3.63, 3.8) is 0 Å². The van der Waals surface area contributed by atoms with E-state index in [0.29, 0.717) is 50.9 Å². The first-order chi connectivity index (χ1) is 16.8. The molecule has 182 valence electrons. The summed E-state index contributed by atoms with van der Waals surface area (Å²) in [6.07, 6.45) is 4.16. The summed E-state index contributed by atoms with van der Waals surface area (Å²) in [6, 6.07) is 4.39. The topological polar surface area (TPSA) is 76.3 Å². The molecule has 3 aliphatic heterocycles. The average Bonchev–Trinajstić information content (AvgIpc) is 3.59. The van der Waals surface area contributed by atoms with Gasteiger partial charge in [-0.05, 0) is 75.6 Å². The van der Waals surface area contributed by atoms with Gasteiger partial charge in [-0.2, -0.15) is 0 Å². The molecule has 2 bridgehead atoms. The summed E-state index contributed by atoms with van der Waals surface area (Å²) in [5, 5.41) is 5.53. The number of piperazine rings is 1. The Balaban J connectivity index is 1.53. The molecule has 0 radical (unpaired) electrons. The quantitative estimate of drug-likeness (QED) is 0.474. The van der Waals surface area contributed by atoms with Gasteiger partial charge in [0, 0.05) is 46.0 Å². The van der Waals surface area contributed by atoms with E-state index in [1.807, 2.05) is 13.8 Å². The summed E-state index contributed by atoms with van der Waals surface area (Å²) in [5.74, 6) is 1.18. The second-order valence-corrected chi connectivity index (χ2v) is 11.1. The summed E-state index contributed by atoms with van der Waals surface area (Å²) in [4.78, 5) is 12.2. The van der Waals surface area contributed by atoms with Gasteiger partial charge in [-0.25, -0.2) is 14.4 Å². The summed E-state index contributed by atoms with van der Waals surface area (Å²) in [7, 11) is 0. The molecule has 6 nitrogen and oxygen atoms in total. The Kier molecular flexibility index (Phi) is 4.59. The van der Waals surface area contributed by atoms with E-state index in [-0.39, 0.29) is 23.7 Å². The maximum Gasteiger partial charge on any atom is 0.226 e. The van der Waals surface area contributed by atoms with Crippen LogP contribution in [0, 0.1) is 19.7 Å². The zero-order valence-electron chi connectivity index (χ0n) is 20.2. The van der Waals surface area contributed by atoms with Gasteiger partial charge in [-0.15, -0.1) is 0 Å². The van der Waals surface area contributed by atoms with E-state index < -0.39 is 0 Å². The lowest BCUT2D eigenvalue weighted by atomic mass is 9.96. The van der Waals surface area contributed by atoms with Crippen LogP contribution in [-0.2, 0) is 0 Å². The molecule has 0 unspecified atom stereocenters. The molecule has 7 rings (SSSR count). The highest BCUT2D eigenvalue weighted by Gasteiger charge is 2.47. The standard InChI is InChI=1S/C27H29ClFN5O/c1-11-12(2)31-26-22-20(11)23(29)24(17-8-15(30)9-18(28)21(17)14-4-5-14)33-27(22)35-13(3)25-19-7-6-16(32-19)10-34(25)26/h8-9,13-14,16,19,25,32H,4-7,10,30H2,1-3H3/t13-,16+,19-,25+/m0/s1. The second-order valence-electron chi connectivity index (χ2n) is 10.7. The first-order valence-corrected chi connectivity index (χ1v) is 13.0. The van der Waals surface area contributed by atoms with Crippen LogP contribution >= 0.6 is 11.6 Å². The predicted octanol–water partition coefficient (Wildman–Crippen LogP) is 5.26. The van der Waals surface area contributed by atoms with E-state index in [2.05, 4.69) is 17.1 Å². The minimum absolute atomic E-state index is 0.108. The van der Waals surface area contributed by atoms with Gasteiger partial charge in [0.15, 0.2) is 5.82 Å². The lowest BCUT2D eigenvalue weighted by Gasteiger charge is -2.43. The number of nitrogen functional groups attached to an aromatic ring is 1. The summed E-state index contributed by atoms with van der Waals surface area (Å²) in [5.41, 5.74) is 10.2. The highest BCUT2D eigenvalue weighted by atomic mass is 35.5. The van der Waals surface area contributed by atoms with Crippen LogP contribution in [0.25, 0.3) is 22.0 Å². The first kappa shape index (κ1) is 21.6. The smallest absolute Gasteiger partial charge is 0.226 e. The highest BCUT2D eigenvalue weighted by molar-refractivity contribution is 6.32. The Morgan fingerprint density at radius 2 is 1.94 bits per heavy atom. The number of hydrogen-bond donors (Lipinski definition) is 2. The molecule has 1 aromatic carbocycles. The lowest BCUT2D eigenvalue weighted by Crippen LogP contribution is -2.62. The van der Waals surface area contributed by atoms with Crippen molar-refractivity contribution in [3.05, 3.63) is 39.8 Å². The van der Waals surface area contributed by atoms with E-state index in [4.69, 9.17) is 32.0 Å². The third-order valence-corrected chi connectivity index (χ3v) is 8.74. The molecule has 4 atom stereocenters. The van der Waals surface area contributed by atoms with Gasteiger partial charge in [0.05, 0.1) is 11.4 Å². The number of nitrogens with zero attached hydrogens (tertiary/aromatic N) is 3. The maximum atomic E-state index is 16.6. The van der Waals surface area contributed by atoms with Crippen molar-refractivity contribution in [1.29, 1.82) is 0 Å². The zero-order chi connectivity index (χ0) is 24.2. The number of halogens is 2. The summed E-state index contributed by atoms with van der Waals surface area (Å²) < 4.78 is 23.2. The number of fused-ring (bicyclic) bond motifs is 5. The molecule has 35 heavy (non-hydrogen) atoms. The van der Waals surface area contributed by atoms with Gasteiger partial charge in [0.1, 0.15) is 17.6 Å². The molecule has 3 N–H and O–H groups in total. The molecule has 8 heteroatoms. The van der Waals surface area contributed by atoms with E-state index in [0.717, 1.165) is 54.9 Å². The summed E-state index contributed by atoms with van der Waals surface area (Å²) in [6.45, 7) is 6.81. The number of aromatic nitrogens is 2. The van der Waals surface area contributed by atoms with Crippen LogP contribution in [0.5, 0.6) is 5.88 Å². The SMILES string of the molecule is Cc1nc2c3c(nc(-c4cc(N)cc(Cl)c4C4CC4)c(F)c3c1C)O[C@@H](C)[C@@H]1[C@@H]3CC[C@H](CN21)N3. The van der Waals surface area contributed by atoms with Gasteiger partial charge in [0.25, 0.3) is 0 Å². The molecule has 1 aliphatic carbocycles. The fraction of sp³-hybridized carbons (Fsp3) is 0.481. The molecule has 3 fully saturated rings. The molecule has 0 spiro atoms. The Hall–Kier alpha value is -2.64. The van der Waals surface area contributed by atoms with Crippen LogP contribution in [0.15, 0.2) is 12.1 Å². The molecular formula is C27H29ClFN5O. The van der Waals surface area contributed by atoms with Gasteiger partial charge < -0.3 is 20.7 Å². The third kappa shape index (κ3) is 3.10. The van der Waals surface area contributed by atoms with E-state index in [1.54, 1.807) is 12.1 Å². The highest BCUT2D eigenvalue weighted by Crippen LogP contribution is 2.51. The minimum Gasteiger partial charge on any atom is -0.472 e. The number of nitrogens with two attached hydrogens (primary N) is 1. The molecule has 1 saturated carbocycles. The number of aryl methyl sites for hydroxylation is 2. The van der Waals surface area contributed by atoms with Crippen LogP contribution in [0.2, 0.25) is 5.02 Å². The Labute approximate surface area is 209 Å². The third-order valence-electron chi connectivity index (χ3n) is 8.43. The minimum atomic E-state index is -0.357. The van der Waals surface area contributed by atoms with Gasteiger partial charge in [-0.3, -0.25) is 0 Å². The van der Waals surface area contributed by atoms with Crippen LogP contribution in [0.4, 0.5) is 15.9 Å². The van der Waals surface area contributed by atoms with Crippen molar-refractivity contribution in [2.24, 2.45) is 0 Å². The Morgan fingerprint density at radius 1 is 1.14 bits per heavy atom. The number of pyridine rings is 2. The molecule has 2 aromatic heterocycles. The monoisotopic (exact) mass is 493 g/mol. The zero-order valence-corrected chi connectivity index (χ0v) is 20.9.